The van der Waals surface area contributed by atoms with E-state index in [0.29, 0.717) is 27.6 Å². The number of halogens is 1. The summed E-state index contributed by atoms with van der Waals surface area (Å²) >= 11 is 5.78. The van der Waals surface area contributed by atoms with Crippen molar-refractivity contribution in [1.82, 2.24) is 0 Å². The second-order valence-corrected chi connectivity index (χ2v) is 5.01. The van der Waals surface area contributed by atoms with Crippen LogP contribution in [0.3, 0.4) is 0 Å². The Hall–Kier alpha value is -2.53. The van der Waals surface area contributed by atoms with Gasteiger partial charge in [0.2, 0.25) is 0 Å². The summed E-state index contributed by atoms with van der Waals surface area (Å²) in [6.07, 6.45) is 0. The highest BCUT2D eigenvalue weighted by atomic mass is 35.5. The van der Waals surface area contributed by atoms with Crippen LogP contribution in [0.2, 0.25) is 5.02 Å². The molecule has 0 N–H and O–H groups in total. The van der Waals surface area contributed by atoms with Crippen LogP contribution in [0.25, 0.3) is 0 Å². The molecule has 0 aliphatic rings. The average molecular weight is 335 g/mol. The van der Waals surface area contributed by atoms with Gasteiger partial charge in [-0.1, -0.05) is 11.6 Å². The fourth-order valence-corrected chi connectivity index (χ4v) is 2.02. The molecule has 0 atom stereocenters. The van der Waals surface area contributed by atoms with Crippen LogP contribution >= 0.6 is 11.6 Å². The minimum Gasteiger partial charge on any atom is -0.493 e. The lowest BCUT2D eigenvalue weighted by Gasteiger charge is -2.11. The van der Waals surface area contributed by atoms with Gasteiger partial charge in [0.05, 0.1) is 19.8 Å². The van der Waals surface area contributed by atoms with E-state index in [1.807, 2.05) is 0 Å². The number of ketones is 1. The van der Waals surface area contributed by atoms with E-state index in [2.05, 4.69) is 4.74 Å². The van der Waals surface area contributed by atoms with Gasteiger partial charge in [-0.25, -0.2) is 4.79 Å². The molecule has 0 fully saturated rings. The topological polar surface area (TPSA) is 61.8 Å². The molecule has 2 aromatic carbocycles. The zero-order valence-electron chi connectivity index (χ0n) is 12.7. The molecule has 0 heterocycles. The Kier molecular flexibility index (Phi) is 5.60. The number of benzene rings is 2. The molecule has 0 unspecified atom stereocenters. The van der Waals surface area contributed by atoms with Crippen LogP contribution in [-0.2, 0) is 4.74 Å². The lowest BCUT2D eigenvalue weighted by Crippen LogP contribution is -2.12. The first-order chi connectivity index (χ1) is 11.0. The van der Waals surface area contributed by atoms with Crippen LogP contribution in [0.5, 0.6) is 11.5 Å². The van der Waals surface area contributed by atoms with Gasteiger partial charge in [0.15, 0.2) is 23.9 Å². The third kappa shape index (κ3) is 4.23. The molecule has 0 spiro atoms. The molecule has 120 valence electrons. The van der Waals surface area contributed by atoms with Crippen LogP contribution in [0.1, 0.15) is 20.7 Å². The van der Waals surface area contributed by atoms with Crippen molar-refractivity contribution in [1.29, 1.82) is 0 Å². The maximum absolute atomic E-state index is 12.1. The van der Waals surface area contributed by atoms with Gasteiger partial charge in [-0.3, -0.25) is 4.79 Å². The highest BCUT2D eigenvalue weighted by Gasteiger charge is 2.13. The molecular weight excluding hydrogens is 320 g/mol. The van der Waals surface area contributed by atoms with E-state index in [0.717, 1.165) is 0 Å². The first kappa shape index (κ1) is 16.8. The van der Waals surface area contributed by atoms with Crippen molar-refractivity contribution in [3.63, 3.8) is 0 Å². The Morgan fingerprint density at radius 1 is 0.957 bits per heavy atom. The molecule has 0 aliphatic heterocycles. The SMILES string of the molecule is COC(=O)c1ccc(OCC(=O)c2ccc(Cl)cc2)c(OC)c1. The molecule has 0 aliphatic carbocycles. The molecule has 2 aromatic rings. The third-order valence-corrected chi connectivity index (χ3v) is 3.36. The fourth-order valence-electron chi connectivity index (χ4n) is 1.89. The molecule has 6 heteroatoms. The number of esters is 1. The lowest BCUT2D eigenvalue weighted by molar-refractivity contribution is 0.0600. The van der Waals surface area contributed by atoms with E-state index < -0.39 is 5.97 Å². The van der Waals surface area contributed by atoms with Crippen molar-refractivity contribution < 1.29 is 23.8 Å². The van der Waals surface area contributed by atoms with Gasteiger partial charge in [0.1, 0.15) is 0 Å². The molecular formula is C17H15ClO5. The normalized spacial score (nSPS) is 10.0. The molecule has 23 heavy (non-hydrogen) atoms. The van der Waals surface area contributed by atoms with Crippen molar-refractivity contribution >= 4 is 23.4 Å². The first-order valence-electron chi connectivity index (χ1n) is 6.73. The van der Waals surface area contributed by atoms with Crippen LogP contribution in [0.4, 0.5) is 0 Å². The first-order valence-corrected chi connectivity index (χ1v) is 7.11. The number of methoxy groups -OCH3 is 2. The van der Waals surface area contributed by atoms with Gasteiger partial charge >= 0.3 is 5.97 Å². The zero-order chi connectivity index (χ0) is 16.8. The highest BCUT2D eigenvalue weighted by Crippen LogP contribution is 2.28. The summed E-state index contributed by atoms with van der Waals surface area (Å²) in [4.78, 5) is 23.6. The summed E-state index contributed by atoms with van der Waals surface area (Å²) in [5.41, 5.74) is 0.834. The van der Waals surface area contributed by atoms with Crippen LogP contribution in [-0.4, -0.2) is 32.6 Å². The quantitative estimate of drug-likeness (QED) is 0.598. The van der Waals surface area contributed by atoms with E-state index in [-0.39, 0.29) is 12.4 Å². The fraction of sp³-hybridized carbons (Fsp3) is 0.176. The number of hydrogen-bond donors (Lipinski definition) is 0. The molecule has 0 aromatic heterocycles. The van der Waals surface area contributed by atoms with Gasteiger partial charge in [-0.15, -0.1) is 0 Å². The standard InChI is InChI=1S/C17H15ClO5/c1-21-16-9-12(17(20)22-2)5-8-15(16)23-10-14(19)11-3-6-13(18)7-4-11/h3-9H,10H2,1-2H3. The lowest BCUT2D eigenvalue weighted by atomic mass is 10.1. The summed E-state index contributed by atoms with van der Waals surface area (Å²) in [5, 5.41) is 0.558. The minimum absolute atomic E-state index is 0.157. The zero-order valence-corrected chi connectivity index (χ0v) is 13.4. The van der Waals surface area contributed by atoms with Crippen molar-refractivity contribution in [2.45, 2.75) is 0 Å². The molecule has 2 rings (SSSR count). The predicted molar refractivity (Wildman–Crippen MR) is 85.6 cm³/mol. The Balaban J connectivity index is 2.09. The maximum atomic E-state index is 12.1. The second-order valence-electron chi connectivity index (χ2n) is 4.58. The summed E-state index contributed by atoms with van der Waals surface area (Å²) in [6, 6.07) is 11.1. The third-order valence-electron chi connectivity index (χ3n) is 3.11. The van der Waals surface area contributed by atoms with Crippen molar-refractivity contribution in [3.05, 3.63) is 58.6 Å². The van der Waals surface area contributed by atoms with E-state index in [9.17, 15) is 9.59 Å². The van der Waals surface area contributed by atoms with Gasteiger partial charge in [-0.2, -0.15) is 0 Å². The van der Waals surface area contributed by atoms with Gasteiger partial charge < -0.3 is 14.2 Å². The van der Waals surface area contributed by atoms with Crippen molar-refractivity contribution in [3.8, 4) is 11.5 Å². The summed E-state index contributed by atoms with van der Waals surface area (Å²) in [6.45, 7) is -0.157. The van der Waals surface area contributed by atoms with Gasteiger partial charge in [-0.05, 0) is 42.5 Å². The van der Waals surface area contributed by atoms with Crippen LogP contribution in [0.15, 0.2) is 42.5 Å². The Bertz CT molecular complexity index is 709. The van der Waals surface area contributed by atoms with E-state index in [4.69, 9.17) is 21.1 Å². The molecule has 0 saturated carbocycles. The molecule has 0 saturated heterocycles. The summed E-state index contributed by atoms with van der Waals surface area (Å²) in [5.74, 6) is 0.0344. The number of Topliss-reactive ketones (excluding diaryl/α,β-unsaturated/α-hetero) is 1. The molecule has 0 amide bonds. The molecule has 5 nitrogen and oxygen atoms in total. The van der Waals surface area contributed by atoms with Gasteiger partial charge in [0.25, 0.3) is 0 Å². The number of carbonyl (C=O) groups is 2. The Labute approximate surface area is 138 Å². The van der Waals surface area contributed by atoms with Gasteiger partial charge in [0, 0.05) is 10.6 Å². The Morgan fingerprint density at radius 2 is 1.61 bits per heavy atom. The molecule has 0 bridgehead atoms. The van der Waals surface area contributed by atoms with E-state index in [1.165, 1.54) is 26.4 Å². The summed E-state index contributed by atoms with van der Waals surface area (Å²) < 4.78 is 15.3. The molecule has 0 radical (unpaired) electrons. The van der Waals surface area contributed by atoms with Crippen molar-refractivity contribution in [2.75, 3.05) is 20.8 Å². The largest absolute Gasteiger partial charge is 0.493 e. The number of hydrogen-bond acceptors (Lipinski definition) is 5. The predicted octanol–water partition coefficient (Wildman–Crippen LogP) is 3.40. The minimum atomic E-state index is -0.480. The summed E-state index contributed by atoms with van der Waals surface area (Å²) in [7, 11) is 2.74. The van der Waals surface area contributed by atoms with Crippen LogP contribution in [0, 0.1) is 0 Å². The van der Waals surface area contributed by atoms with Crippen LogP contribution < -0.4 is 9.47 Å². The number of ether oxygens (including phenoxy) is 3. The average Bonchev–Trinajstić information content (AvgIpc) is 2.59. The number of rotatable bonds is 6. The second kappa shape index (κ2) is 7.65. The van der Waals surface area contributed by atoms with E-state index >= 15 is 0 Å². The van der Waals surface area contributed by atoms with Crippen molar-refractivity contribution in [2.24, 2.45) is 0 Å². The van der Waals surface area contributed by atoms with E-state index in [1.54, 1.807) is 30.3 Å². The Morgan fingerprint density at radius 3 is 2.22 bits per heavy atom. The smallest absolute Gasteiger partial charge is 0.337 e. The monoisotopic (exact) mass is 334 g/mol. The maximum Gasteiger partial charge on any atom is 0.337 e. The number of carbonyl (C=O) groups excluding carboxylic acids is 2. The highest BCUT2D eigenvalue weighted by molar-refractivity contribution is 6.30.